The average Bonchev–Trinajstić information content (AvgIpc) is 2.75. The van der Waals surface area contributed by atoms with Gasteiger partial charge in [-0.25, -0.2) is 4.39 Å². The quantitative estimate of drug-likeness (QED) is 0.831. The molecular weight excluding hydrogens is 233 g/mol. The van der Waals surface area contributed by atoms with Gasteiger partial charge in [0.25, 0.3) is 0 Å². The molecule has 0 radical (unpaired) electrons. The molecule has 1 N–H and O–H groups in total. The molecule has 1 aromatic rings. The van der Waals surface area contributed by atoms with Gasteiger partial charge in [0.2, 0.25) is 0 Å². The van der Waals surface area contributed by atoms with Crippen LogP contribution in [-0.2, 0) is 4.74 Å². The Kier molecular flexibility index (Phi) is 4.09. The number of carbonyl (C=O) groups is 1. The van der Waals surface area contributed by atoms with Gasteiger partial charge in [-0.05, 0) is 37.2 Å². The van der Waals surface area contributed by atoms with Gasteiger partial charge < -0.3 is 10.1 Å². The summed E-state index contributed by atoms with van der Waals surface area (Å²) in [5, 5.41) is 3.23. The van der Waals surface area contributed by atoms with Gasteiger partial charge in [0.1, 0.15) is 5.82 Å². The molecule has 1 saturated heterocycles. The lowest BCUT2D eigenvalue weighted by Crippen LogP contribution is -2.39. The molecule has 2 rings (SSSR count). The van der Waals surface area contributed by atoms with E-state index < -0.39 is 0 Å². The molecule has 1 aromatic carbocycles. The first-order valence-electron chi connectivity index (χ1n) is 6.24. The third-order valence-electron chi connectivity index (χ3n) is 3.21. The first kappa shape index (κ1) is 13.2. The molecule has 4 heteroatoms. The number of likely N-dealkylation sites (N-methyl/N-ethyl adjacent to an activating group) is 1. The van der Waals surface area contributed by atoms with Crippen LogP contribution in [0.2, 0.25) is 0 Å². The largest absolute Gasteiger partial charge is 0.379 e. The molecule has 1 aliphatic rings. The molecule has 1 aliphatic heterocycles. The van der Waals surface area contributed by atoms with Gasteiger partial charge in [-0.15, -0.1) is 0 Å². The van der Waals surface area contributed by atoms with Crippen molar-refractivity contribution in [3.63, 3.8) is 0 Å². The maximum Gasteiger partial charge on any atom is 0.170 e. The van der Waals surface area contributed by atoms with E-state index in [1.807, 2.05) is 6.92 Å². The molecule has 2 unspecified atom stereocenters. The molecule has 0 aliphatic carbocycles. The summed E-state index contributed by atoms with van der Waals surface area (Å²) in [6, 6.07) is 4.48. The fourth-order valence-electron chi connectivity index (χ4n) is 2.37. The fraction of sp³-hybridized carbons (Fsp3) is 0.500. The van der Waals surface area contributed by atoms with Crippen LogP contribution in [-0.4, -0.2) is 31.6 Å². The summed E-state index contributed by atoms with van der Waals surface area (Å²) >= 11 is 0. The average molecular weight is 251 g/mol. The Labute approximate surface area is 106 Å². The minimum absolute atomic E-state index is 0.0334. The number of nitrogens with one attached hydrogen (secondary N) is 1. The second-order valence-corrected chi connectivity index (χ2v) is 4.69. The van der Waals surface area contributed by atoms with Gasteiger partial charge in [0, 0.05) is 11.6 Å². The normalized spacial score (nSPS) is 23.3. The van der Waals surface area contributed by atoms with Crippen LogP contribution in [0.15, 0.2) is 18.2 Å². The van der Waals surface area contributed by atoms with Gasteiger partial charge in [-0.3, -0.25) is 4.79 Å². The van der Waals surface area contributed by atoms with Gasteiger partial charge in [0.05, 0.1) is 19.1 Å². The summed E-state index contributed by atoms with van der Waals surface area (Å²) in [5.41, 5.74) is 1.20. The maximum absolute atomic E-state index is 13.3. The van der Waals surface area contributed by atoms with Crippen LogP contribution in [0.5, 0.6) is 0 Å². The number of carbonyl (C=O) groups excluding carboxylic acids is 1. The number of benzene rings is 1. The number of hydrogen-bond acceptors (Lipinski definition) is 3. The van der Waals surface area contributed by atoms with Crippen molar-refractivity contribution in [3.05, 3.63) is 35.1 Å². The highest BCUT2D eigenvalue weighted by Gasteiger charge is 2.34. The topological polar surface area (TPSA) is 38.3 Å². The van der Waals surface area contributed by atoms with Gasteiger partial charge >= 0.3 is 0 Å². The van der Waals surface area contributed by atoms with E-state index in [0.29, 0.717) is 18.8 Å². The van der Waals surface area contributed by atoms with Crippen molar-refractivity contribution in [2.24, 2.45) is 5.92 Å². The highest BCUT2D eigenvalue weighted by molar-refractivity contribution is 5.98. The molecule has 0 amide bonds. The van der Waals surface area contributed by atoms with E-state index in [1.54, 1.807) is 13.0 Å². The first-order valence-corrected chi connectivity index (χ1v) is 6.24. The summed E-state index contributed by atoms with van der Waals surface area (Å²) < 4.78 is 18.7. The highest BCUT2D eigenvalue weighted by Crippen LogP contribution is 2.20. The predicted octanol–water partition coefficient (Wildman–Crippen LogP) is 1.94. The van der Waals surface area contributed by atoms with Crippen molar-refractivity contribution in [1.82, 2.24) is 5.32 Å². The zero-order valence-corrected chi connectivity index (χ0v) is 10.7. The minimum atomic E-state index is -0.364. The number of halogens is 1. The van der Waals surface area contributed by atoms with Crippen molar-refractivity contribution in [2.75, 3.05) is 19.8 Å². The molecule has 1 heterocycles. The lowest BCUT2D eigenvalue weighted by atomic mass is 9.92. The van der Waals surface area contributed by atoms with Crippen LogP contribution >= 0.6 is 0 Å². The number of aryl methyl sites for hydroxylation is 1. The Morgan fingerprint density at radius 1 is 1.44 bits per heavy atom. The van der Waals surface area contributed by atoms with Gasteiger partial charge in [-0.2, -0.15) is 0 Å². The van der Waals surface area contributed by atoms with E-state index in [1.165, 1.54) is 12.1 Å². The van der Waals surface area contributed by atoms with E-state index in [0.717, 1.165) is 12.1 Å². The van der Waals surface area contributed by atoms with E-state index in [2.05, 4.69) is 5.32 Å². The van der Waals surface area contributed by atoms with E-state index in [4.69, 9.17) is 4.74 Å². The Morgan fingerprint density at radius 2 is 2.22 bits per heavy atom. The monoisotopic (exact) mass is 251 g/mol. The van der Waals surface area contributed by atoms with Crippen LogP contribution in [0.1, 0.15) is 22.8 Å². The fourth-order valence-corrected chi connectivity index (χ4v) is 2.37. The van der Waals surface area contributed by atoms with Crippen LogP contribution in [0, 0.1) is 18.7 Å². The lowest BCUT2D eigenvalue weighted by molar-refractivity contribution is 0.0891. The molecule has 0 saturated carbocycles. The van der Waals surface area contributed by atoms with Crippen molar-refractivity contribution in [2.45, 2.75) is 19.9 Å². The van der Waals surface area contributed by atoms with Crippen molar-refractivity contribution < 1.29 is 13.9 Å². The number of ketones is 1. The van der Waals surface area contributed by atoms with E-state index in [-0.39, 0.29) is 23.6 Å². The summed E-state index contributed by atoms with van der Waals surface area (Å²) in [7, 11) is 0. The van der Waals surface area contributed by atoms with Crippen LogP contribution in [0.4, 0.5) is 4.39 Å². The molecule has 98 valence electrons. The number of Topliss-reactive ketones (excluding diaryl/α,β-unsaturated/α-hetero) is 1. The van der Waals surface area contributed by atoms with Crippen molar-refractivity contribution in [3.8, 4) is 0 Å². The summed E-state index contributed by atoms with van der Waals surface area (Å²) in [6.07, 6.45) is 0. The summed E-state index contributed by atoms with van der Waals surface area (Å²) in [4.78, 5) is 12.3. The van der Waals surface area contributed by atoms with Crippen molar-refractivity contribution >= 4 is 5.78 Å². The SMILES string of the molecule is CCNC1COCC1C(=O)c1cc(C)cc(F)c1. The molecule has 3 nitrogen and oxygen atoms in total. The number of ether oxygens (including phenoxy) is 1. The first-order chi connectivity index (χ1) is 8.61. The zero-order chi connectivity index (χ0) is 13.1. The second kappa shape index (κ2) is 5.59. The molecule has 2 atom stereocenters. The number of hydrogen-bond donors (Lipinski definition) is 1. The van der Waals surface area contributed by atoms with Crippen LogP contribution < -0.4 is 5.32 Å². The number of rotatable bonds is 4. The zero-order valence-electron chi connectivity index (χ0n) is 10.7. The molecule has 0 aromatic heterocycles. The predicted molar refractivity (Wildman–Crippen MR) is 67.2 cm³/mol. The summed E-state index contributed by atoms with van der Waals surface area (Å²) in [6.45, 7) is 5.52. The van der Waals surface area contributed by atoms with Crippen LogP contribution in [0.25, 0.3) is 0 Å². The molecule has 0 bridgehead atoms. The molecular formula is C14H18FNO2. The van der Waals surface area contributed by atoms with Gasteiger partial charge in [0.15, 0.2) is 5.78 Å². The maximum atomic E-state index is 13.3. The Hall–Kier alpha value is -1.26. The third kappa shape index (κ3) is 2.76. The van der Waals surface area contributed by atoms with E-state index in [9.17, 15) is 9.18 Å². The Morgan fingerprint density at radius 3 is 2.89 bits per heavy atom. The van der Waals surface area contributed by atoms with Crippen molar-refractivity contribution in [1.29, 1.82) is 0 Å². The van der Waals surface area contributed by atoms with Crippen LogP contribution in [0.3, 0.4) is 0 Å². The molecule has 0 spiro atoms. The Balaban J connectivity index is 2.19. The standard InChI is InChI=1S/C14H18FNO2/c1-3-16-13-8-18-7-12(13)14(17)10-4-9(2)5-11(15)6-10/h4-6,12-13,16H,3,7-8H2,1-2H3. The lowest BCUT2D eigenvalue weighted by Gasteiger charge is -2.17. The highest BCUT2D eigenvalue weighted by atomic mass is 19.1. The molecule has 18 heavy (non-hydrogen) atoms. The smallest absolute Gasteiger partial charge is 0.170 e. The Bertz CT molecular complexity index is 427. The van der Waals surface area contributed by atoms with Gasteiger partial charge in [-0.1, -0.05) is 6.92 Å². The molecule has 1 fully saturated rings. The second-order valence-electron chi connectivity index (χ2n) is 4.69. The minimum Gasteiger partial charge on any atom is -0.379 e. The summed E-state index contributed by atoms with van der Waals surface area (Å²) in [5.74, 6) is -0.621. The third-order valence-corrected chi connectivity index (χ3v) is 3.21. The van der Waals surface area contributed by atoms with E-state index >= 15 is 0 Å².